The summed E-state index contributed by atoms with van der Waals surface area (Å²) in [6.45, 7) is 8.06. The minimum absolute atomic E-state index is 0.317. The van der Waals surface area contributed by atoms with Gasteiger partial charge in [0, 0.05) is 38.8 Å². The van der Waals surface area contributed by atoms with Gasteiger partial charge < -0.3 is 0 Å². The van der Waals surface area contributed by atoms with E-state index in [1.54, 1.807) is 12.1 Å². The van der Waals surface area contributed by atoms with Gasteiger partial charge in [0.2, 0.25) is 10.0 Å². The van der Waals surface area contributed by atoms with Crippen molar-refractivity contribution in [2.75, 3.05) is 32.7 Å². The maximum atomic E-state index is 12.7. The van der Waals surface area contributed by atoms with Crippen LogP contribution in [0.1, 0.15) is 29.5 Å². The summed E-state index contributed by atoms with van der Waals surface area (Å²) in [5, 5.41) is 0. The van der Waals surface area contributed by atoms with E-state index in [1.165, 1.54) is 17.5 Å². The second kappa shape index (κ2) is 8.66. The molecule has 3 fully saturated rings. The molecule has 166 valence electrons. The van der Waals surface area contributed by atoms with Gasteiger partial charge >= 0.3 is 0 Å². The first kappa shape index (κ1) is 21.1. The highest BCUT2D eigenvalue weighted by Gasteiger charge is 2.41. The highest BCUT2D eigenvalue weighted by molar-refractivity contribution is 7.89. The van der Waals surface area contributed by atoms with E-state index in [1.807, 2.05) is 19.1 Å². The number of fused-ring (bicyclic) bond motifs is 4. The van der Waals surface area contributed by atoms with Gasteiger partial charge in [-0.2, -0.15) is 0 Å². The largest absolute Gasteiger partial charge is 0.299 e. The number of nitrogens with zero attached hydrogens (tertiary/aromatic N) is 2. The Labute approximate surface area is 186 Å². The van der Waals surface area contributed by atoms with Crippen LogP contribution >= 0.6 is 0 Å². The van der Waals surface area contributed by atoms with Crippen LogP contribution < -0.4 is 4.72 Å². The normalized spacial score (nSPS) is 28.4. The summed E-state index contributed by atoms with van der Waals surface area (Å²) in [5.41, 5.74) is 4.06. The molecule has 5 nitrogen and oxygen atoms in total. The van der Waals surface area contributed by atoms with Crippen LogP contribution in [0.2, 0.25) is 0 Å². The summed E-state index contributed by atoms with van der Waals surface area (Å²) in [5.74, 6) is 1.40. The van der Waals surface area contributed by atoms with Crippen molar-refractivity contribution in [1.82, 2.24) is 14.5 Å². The molecule has 3 saturated heterocycles. The zero-order valence-corrected chi connectivity index (χ0v) is 19.2. The minimum Gasteiger partial charge on any atom is -0.299 e. The van der Waals surface area contributed by atoms with Crippen LogP contribution in [-0.4, -0.2) is 57.0 Å². The van der Waals surface area contributed by atoms with Crippen LogP contribution in [0.25, 0.3) is 0 Å². The van der Waals surface area contributed by atoms with E-state index in [2.05, 4.69) is 38.8 Å². The summed E-state index contributed by atoms with van der Waals surface area (Å²) in [4.78, 5) is 5.52. The van der Waals surface area contributed by atoms with Gasteiger partial charge in [0.25, 0.3) is 0 Å². The first-order valence-corrected chi connectivity index (χ1v) is 13.1. The van der Waals surface area contributed by atoms with Crippen LogP contribution in [0, 0.1) is 18.8 Å². The number of piperidine rings is 3. The van der Waals surface area contributed by atoms with Crippen molar-refractivity contribution in [2.45, 2.75) is 43.7 Å². The molecule has 0 aliphatic carbocycles. The Morgan fingerprint density at radius 2 is 1.81 bits per heavy atom. The second-order valence-electron chi connectivity index (χ2n) is 9.61. The fourth-order valence-electron chi connectivity index (χ4n) is 5.72. The van der Waals surface area contributed by atoms with Gasteiger partial charge in [-0.1, -0.05) is 42.0 Å². The topological polar surface area (TPSA) is 52.7 Å². The van der Waals surface area contributed by atoms with Crippen LogP contribution in [-0.2, 0) is 23.0 Å². The van der Waals surface area contributed by atoms with Crippen molar-refractivity contribution >= 4 is 10.0 Å². The van der Waals surface area contributed by atoms with Crippen LogP contribution in [0.5, 0.6) is 0 Å². The molecular weight excluding hydrogens is 406 g/mol. The predicted octanol–water partition coefficient (Wildman–Crippen LogP) is 3.04. The standard InChI is InChI=1S/C25H33N3O2S/c1-19-6-8-25(9-7-19)31(29,30)26-15-24-14-21-11-13-28(24)18-23(21)17-27-12-10-20-4-2-3-5-22(20)16-27/h2-9,21,23-24,26H,10-18H2,1H3/t21-,23+,24+/m1/s1. The van der Waals surface area contributed by atoms with Crippen LogP contribution in [0.15, 0.2) is 53.4 Å². The Kier molecular flexibility index (Phi) is 5.90. The molecule has 6 rings (SSSR count). The lowest BCUT2D eigenvalue weighted by Crippen LogP contribution is -2.58. The van der Waals surface area contributed by atoms with E-state index < -0.39 is 10.0 Å². The highest BCUT2D eigenvalue weighted by atomic mass is 32.2. The Morgan fingerprint density at radius 3 is 2.55 bits per heavy atom. The summed E-state index contributed by atoms with van der Waals surface area (Å²) in [6, 6.07) is 16.2. The Morgan fingerprint density at radius 1 is 1.03 bits per heavy atom. The van der Waals surface area contributed by atoms with Crippen LogP contribution in [0.3, 0.4) is 0 Å². The predicted molar refractivity (Wildman–Crippen MR) is 123 cm³/mol. The van der Waals surface area contributed by atoms with Gasteiger partial charge in [0.15, 0.2) is 0 Å². The molecule has 6 heteroatoms. The third kappa shape index (κ3) is 4.58. The fourth-order valence-corrected chi connectivity index (χ4v) is 6.79. The fraction of sp³-hybridized carbons (Fsp3) is 0.520. The molecule has 2 aromatic rings. The van der Waals surface area contributed by atoms with Crippen molar-refractivity contribution in [3.63, 3.8) is 0 Å². The summed E-state index contributed by atoms with van der Waals surface area (Å²) < 4.78 is 28.2. The van der Waals surface area contributed by atoms with E-state index in [0.717, 1.165) is 51.1 Å². The van der Waals surface area contributed by atoms with E-state index in [4.69, 9.17) is 0 Å². The second-order valence-corrected chi connectivity index (χ2v) is 11.4. The Bertz CT molecular complexity index is 1020. The van der Waals surface area contributed by atoms with Crippen LogP contribution in [0.4, 0.5) is 0 Å². The third-order valence-electron chi connectivity index (χ3n) is 7.56. The molecule has 4 atom stereocenters. The lowest BCUT2D eigenvalue weighted by molar-refractivity contribution is -0.0118. The Hall–Kier alpha value is -1.73. The summed E-state index contributed by atoms with van der Waals surface area (Å²) >= 11 is 0. The number of nitrogens with one attached hydrogen (secondary N) is 1. The van der Waals surface area contributed by atoms with Crippen molar-refractivity contribution in [3.05, 3.63) is 65.2 Å². The van der Waals surface area contributed by atoms with Crippen molar-refractivity contribution in [2.24, 2.45) is 11.8 Å². The molecule has 2 bridgehead atoms. The van der Waals surface area contributed by atoms with Gasteiger partial charge in [-0.05, 0) is 67.8 Å². The van der Waals surface area contributed by atoms with Gasteiger partial charge in [0.05, 0.1) is 4.90 Å². The monoisotopic (exact) mass is 439 g/mol. The Balaban J connectivity index is 1.16. The average molecular weight is 440 g/mol. The molecular formula is C25H33N3O2S. The molecule has 1 N–H and O–H groups in total. The van der Waals surface area contributed by atoms with E-state index in [0.29, 0.717) is 29.3 Å². The zero-order chi connectivity index (χ0) is 21.4. The quantitative estimate of drug-likeness (QED) is 0.752. The van der Waals surface area contributed by atoms with Crippen molar-refractivity contribution < 1.29 is 8.42 Å². The smallest absolute Gasteiger partial charge is 0.240 e. The van der Waals surface area contributed by atoms with E-state index >= 15 is 0 Å². The maximum absolute atomic E-state index is 12.7. The van der Waals surface area contributed by atoms with Gasteiger partial charge in [-0.15, -0.1) is 0 Å². The molecule has 2 aromatic carbocycles. The zero-order valence-electron chi connectivity index (χ0n) is 18.3. The number of hydrogen-bond donors (Lipinski definition) is 1. The van der Waals surface area contributed by atoms with Crippen molar-refractivity contribution in [3.8, 4) is 0 Å². The molecule has 4 aliphatic rings. The summed E-state index contributed by atoms with van der Waals surface area (Å²) in [6.07, 6.45) is 3.50. The number of benzene rings is 2. The first-order chi connectivity index (χ1) is 15.0. The lowest BCUT2D eigenvalue weighted by Gasteiger charge is -2.51. The molecule has 31 heavy (non-hydrogen) atoms. The van der Waals surface area contributed by atoms with E-state index in [9.17, 15) is 8.42 Å². The number of aryl methyl sites for hydroxylation is 1. The highest BCUT2D eigenvalue weighted by Crippen LogP contribution is 2.37. The van der Waals surface area contributed by atoms with Gasteiger partial charge in [-0.3, -0.25) is 9.80 Å². The molecule has 0 radical (unpaired) electrons. The molecule has 4 heterocycles. The molecule has 0 aromatic heterocycles. The molecule has 0 spiro atoms. The molecule has 4 aliphatic heterocycles. The SMILES string of the molecule is Cc1ccc(S(=O)(=O)NC[C@@H]2C[C@H]3CCN2C[C@@H]3CN2CCc3ccccc3C2)cc1. The number of rotatable bonds is 6. The number of hydrogen-bond acceptors (Lipinski definition) is 4. The third-order valence-corrected chi connectivity index (χ3v) is 9.00. The molecule has 1 unspecified atom stereocenters. The average Bonchev–Trinajstić information content (AvgIpc) is 2.79. The van der Waals surface area contributed by atoms with Gasteiger partial charge in [0.1, 0.15) is 0 Å². The maximum Gasteiger partial charge on any atom is 0.240 e. The van der Waals surface area contributed by atoms with E-state index in [-0.39, 0.29) is 0 Å². The van der Waals surface area contributed by atoms with Crippen molar-refractivity contribution in [1.29, 1.82) is 0 Å². The minimum atomic E-state index is -3.44. The molecule has 0 amide bonds. The summed E-state index contributed by atoms with van der Waals surface area (Å²) in [7, 11) is -3.44. The first-order valence-electron chi connectivity index (χ1n) is 11.6. The lowest BCUT2D eigenvalue weighted by atomic mass is 9.75. The van der Waals surface area contributed by atoms with Gasteiger partial charge in [-0.25, -0.2) is 13.1 Å². The number of sulfonamides is 1. The molecule has 0 saturated carbocycles.